The van der Waals surface area contributed by atoms with Gasteiger partial charge < -0.3 is 19.8 Å². The molecule has 4 heterocycles. The van der Waals surface area contributed by atoms with Crippen LogP contribution in [0.3, 0.4) is 0 Å². The van der Waals surface area contributed by atoms with Crippen LogP contribution in [0.25, 0.3) is 11.3 Å². The maximum atomic E-state index is 12.8. The van der Waals surface area contributed by atoms with Gasteiger partial charge in [0.05, 0.1) is 23.9 Å². The van der Waals surface area contributed by atoms with Gasteiger partial charge in [-0.1, -0.05) is 13.8 Å². The van der Waals surface area contributed by atoms with Crippen molar-refractivity contribution < 1.29 is 22.6 Å². The number of hydrogen-bond acceptors (Lipinski definition) is 6. The van der Waals surface area contributed by atoms with Gasteiger partial charge in [0.25, 0.3) is 0 Å². The summed E-state index contributed by atoms with van der Waals surface area (Å²) in [7, 11) is 0. The van der Waals surface area contributed by atoms with E-state index in [-0.39, 0.29) is 17.3 Å². The van der Waals surface area contributed by atoms with E-state index in [4.69, 9.17) is 15.5 Å². The van der Waals surface area contributed by atoms with Gasteiger partial charge in [-0.15, -0.1) is 13.2 Å². The minimum Gasteiger partial charge on any atom is -0.402 e. The van der Waals surface area contributed by atoms with Crippen molar-refractivity contribution in [3.63, 3.8) is 0 Å². The lowest BCUT2D eigenvalue weighted by Gasteiger charge is -2.32. The van der Waals surface area contributed by atoms with Crippen LogP contribution in [-0.2, 0) is 10.3 Å². The third kappa shape index (κ3) is 2.65. The maximum absolute atomic E-state index is 12.8. The number of rotatable bonds is 5. The molecule has 2 unspecified atom stereocenters. The second-order valence-corrected chi connectivity index (χ2v) is 10.6. The Balaban J connectivity index is 1.21. The number of fused-ring (bicyclic) bond motifs is 3. The highest BCUT2D eigenvalue weighted by atomic mass is 19.4. The Bertz CT molecular complexity index is 1140. The van der Waals surface area contributed by atoms with Crippen LogP contribution >= 0.6 is 0 Å². The Kier molecular flexibility index (Phi) is 3.78. The molecule has 4 aliphatic carbocycles. The molecule has 8 rings (SSSR count). The molecular weight excluding hydrogens is 435 g/mol. The standard InChI is InChI=1S/C23H26F3N5O2/c1-10(2)21-29-15(11-3-17(20(27)28-6-11)33-23(24,25)26)8-31(21)22-14-5-16(19(22)18(14)22)30-7-13-4-12(30)9-32-13/h3,6,8,10,12-14,16,18-19H,4-5,7,9H2,1-2H3,(H2,27,28)/t12-,13-,14-,16?,18-,19?,22-/m0/s1. The largest absolute Gasteiger partial charge is 0.573 e. The molecule has 2 saturated heterocycles. The minimum atomic E-state index is -4.83. The monoisotopic (exact) mass is 461 g/mol. The Hall–Kier alpha value is -2.33. The summed E-state index contributed by atoms with van der Waals surface area (Å²) in [5.74, 6) is 2.36. The lowest BCUT2D eigenvalue weighted by atomic mass is 10.1. The number of likely N-dealkylation sites (tertiary alicyclic amines) is 1. The summed E-state index contributed by atoms with van der Waals surface area (Å²) in [5.41, 5.74) is 6.82. The number of nitrogen functional groups attached to an aromatic ring is 1. The van der Waals surface area contributed by atoms with Crippen LogP contribution in [0.15, 0.2) is 18.5 Å². The van der Waals surface area contributed by atoms with Gasteiger partial charge in [0.2, 0.25) is 0 Å². The second kappa shape index (κ2) is 6.21. The summed E-state index contributed by atoms with van der Waals surface area (Å²) in [6.07, 6.45) is 1.41. The smallest absolute Gasteiger partial charge is 0.402 e. The van der Waals surface area contributed by atoms with Gasteiger partial charge in [-0.25, -0.2) is 9.97 Å². The molecule has 2 aromatic heterocycles. The summed E-state index contributed by atoms with van der Waals surface area (Å²) in [4.78, 5) is 11.5. The van der Waals surface area contributed by atoms with E-state index >= 15 is 0 Å². The molecule has 6 aliphatic rings. The molecule has 2 aromatic rings. The number of morpholine rings is 1. The Morgan fingerprint density at radius 3 is 2.73 bits per heavy atom. The van der Waals surface area contributed by atoms with E-state index in [1.807, 2.05) is 6.20 Å². The fraction of sp³-hybridized carbons (Fsp3) is 0.652. The summed E-state index contributed by atoms with van der Waals surface area (Å²) in [6.45, 7) is 6.12. The number of hydrogen-bond donors (Lipinski definition) is 1. The van der Waals surface area contributed by atoms with Crippen molar-refractivity contribution in [1.29, 1.82) is 0 Å². The van der Waals surface area contributed by atoms with Gasteiger partial charge in [-0.3, -0.25) is 4.90 Å². The number of anilines is 1. The highest BCUT2D eigenvalue weighted by Crippen LogP contribution is 2.89. The average Bonchev–Trinajstić information content (AvgIpc) is 3.27. The van der Waals surface area contributed by atoms with Crippen LogP contribution in [0.2, 0.25) is 0 Å². The van der Waals surface area contributed by atoms with Crippen LogP contribution in [0.1, 0.15) is 38.4 Å². The maximum Gasteiger partial charge on any atom is 0.573 e. The van der Waals surface area contributed by atoms with Gasteiger partial charge in [0, 0.05) is 48.4 Å². The highest BCUT2D eigenvalue weighted by molar-refractivity contribution is 5.64. The summed E-state index contributed by atoms with van der Waals surface area (Å²) in [6, 6.07) is 2.45. The zero-order chi connectivity index (χ0) is 22.9. The Labute approximate surface area is 189 Å². The number of alkyl halides is 3. The van der Waals surface area contributed by atoms with Crippen LogP contribution in [-0.4, -0.2) is 57.1 Å². The third-order valence-corrected chi connectivity index (χ3v) is 8.61. The Morgan fingerprint density at radius 2 is 2.09 bits per heavy atom. The molecule has 6 fully saturated rings. The van der Waals surface area contributed by atoms with Crippen molar-refractivity contribution in [2.45, 2.75) is 62.7 Å². The molecular formula is C23H26F3N5O2. The van der Waals surface area contributed by atoms with E-state index in [1.54, 1.807) is 0 Å². The Morgan fingerprint density at radius 1 is 1.27 bits per heavy atom. The zero-order valence-electron chi connectivity index (χ0n) is 18.4. The molecule has 0 spiro atoms. The molecule has 7 atom stereocenters. The molecule has 4 saturated carbocycles. The van der Waals surface area contributed by atoms with E-state index < -0.39 is 12.1 Å². The fourth-order valence-corrected chi connectivity index (χ4v) is 7.34. The van der Waals surface area contributed by atoms with Crippen molar-refractivity contribution >= 4 is 5.82 Å². The molecule has 33 heavy (non-hydrogen) atoms. The topological polar surface area (TPSA) is 78.4 Å². The molecule has 4 bridgehead atoms. The third-order valence-electron chi connectivity index (χ3n) is 8.61. The summed E-state index contributed by atoms with van der Waals surface area (Å²) >= 11 is 0. The van der Waals surface area contributed by atoms with Gasteiger partial charge in [0.1, 0.15) is 5.82 Å². The highest BCUT2D eigenvalue weighted by Gasteiger charge is 2.94. The number of imidazole rings is 1. The predicted molar refractivity (Wildman–Crippen MR) is 112 cm³/mol. The number of halogens is 3. The van der Waals surface area contributed by atoms with Gasteiger partial charge in [-0.05, 0) is 30.7 Å². The van der Waals surface area contributed by atoms with Crippen molar-refractivity contribution in [3.8, 4) is 17.0 Å². The molecule has 2 aliphatic heterocycles. The van der Waals surface area contributed by atoms with Crippen LogP contribution in [0, 0.1) is 17.8 Å². The first-order valence-electron chi connectivity index (χ1n) is 11.7. The number of nitrogens with zero attached hydrogens (tertiary/aromatic N) is 4. The first kappa shape index (κ1) is 20.1. The molecule has 7 nitrogen and oxygen atoms in total. The molecule has 176 valence electrons. The predicted octanol–water partition coefficient (Wildman–Crippen LogP) is 3.37. The number of pyridine rings is 1. The lowest BCUT2D eigenvalue weighted by molar-refractivity contribution is -0.274. The van der Waals surface area contributed by atoms with Crippen molar-refractivity contribution in [2.75, 3.05) is 18.9 Å². The van der Waals surface area contributed by atoms with Crippen molar-refractivity contribution in [3.05, 3.63) is 24.3 Å². The van der Waals surface area contributed by atoms with Crippen LogP contribution in [0.4, 0.5) is 19.0 Å². The summed E-state index contributed by atoms with van der Waals surface area (Å²) in [5, 5.41) is 0. The number of aromatic nitrogens is 3. The normalized spacial score (nSPS) is 38.2. The molecule has 0 radical (unpaired) electrons. The van der Waals surface area contributed by atoms with Gasteiger partial charge in [0.15, 0.2) is 11.6 Å². The quantitative estimate of drug-likeness (QED) is 0.736. The van der Waals surface area contributed by atoms with Crippen LogP contribution < -0.4 is 10.5 Å². The van der Waals surface area contributed by atoms with E-state index in [1.165, 1.54) is 18.7 Å². The fourth-order valence-electron chi connectivity index (χ4n) is 7.34. The van der Waals surface area contributed by atoms with E-state index in [2.05, 4.69) is 33.0 Å². The van der Waals surface area contributed by atoms with Crippen LogP contribution in [0.5, 0.6) is 5.75 Å². The molecule has 0 amide bonds. The lowest BCUT2D eigenvalue weighted by Crippen LogP contribution is -2.44. The first-order chi connectivity index (χ1) is 15.7. The average molecular weight is 461 g/mol. The van der Waals surface area contributed by atoms with E-state index in [0.717, 1.165) is 25.4 Å². The molecule has 10 heteroatoms. The van der Waals surface area contributed by atoms with Gasteiger partial charge >= 0.3 is 6.36 Å². The van der Waals surface area contributed by atoms with Crippen molar-refractivity contribution in [2.24, 2.45) is 17.8 Å². The zero-order valence-corrected chi connectivity index (χ0v) is 18.4. The van der Waals surface area contributed by atoms with E-state index in [9.17, 15) is 13.2 Å². The van der Waals surface area contributed by atoms with E-state index in [0.29, 0.717) is 47.2 Å². The van der Waals surface area contributed by atoms with Gasteiger partial charge in [-0.2, -0.15) is 0 Å². The second-order valence-electron chi connectivity index (χ2n) is 10.6. The molecule has 2 N–H and O–H groups in total. The minimum absolute atomic E-state index is 0.130. The molecule has 0 aromatic carbocycles. The first-order valence-corrected chi connectivity index (χ1v) is 11.7. The SMILES string of the molecule is CC(C)c1nc(-c2cnc(N)c(OC(F)(F)F)c2)cn1[C@@]12C3C(N4C[C@@H]5C[C@H]4CO5)C[C@H]1[C@@H]32. The number of nitrogens with two attached hydrogens (primary N) is 1. The van der Waals surface area contributed by atoms with Crippen molar-refractivity contribution in [1.82, 2.24) is 19.4 Å². The number of ether oxygens (including phenoxy) is 2. The summed E-state index contributed by atoms with van der Waals surface area (Å²) < 4.78 is 50.5.